The summed E-state index contributed by atoms with van der Waals surface area (Å²) < 4.78 is 0. The van der Waals surface area contributed by atoms with Crippen LogP contribution < -0.4 is 0 Å². The molecule has 0 unspecified atom stereocenters. The van der Waals surface area contributed by atoms with E-state index in [0.717, 1.165) is 5.71 Å². The molecule has 0 aromatic heterocycles. The van der Waals surface area contributed by atoms with Gasteiger partial charge < -0.3 is 0 Å². The molecule has 0 bridgehead atoms. The van der Waals surface area contributed by atoms with Gasteiger partial charge in [0.15, 0.2) is 0 Å². The number of allylic oxidation sites excluding steroid dienone is 4. The maximum absolute atomic E-state index is 4.05. The summed E-state index contributed by atoms with van der Waals surface area (Å²) >= 11 is 0. The van der Waals surface area contributed by atoms with E-state index < -0.39 is 0 Å². The third-order valence-corrected chi connectivity index (χ3v) is 0.963. The molecule has 0 rings (SSSR count). The van der Waals surface area contributed by atoms with Crippen LogP contribution in [-0.4, -0.2) is 5.71 Å². The Morgan fingerprint density at radius 3 is 2.60 bits per heavy atom. The third-order valence-electron chi connectivity index (χ3n) is 0.963. The molecule has 1 nitrogen and oxygen atoms in total. The molecule has 0 aliphatic rings. The van der Waals surface area contributed by atoms with Crippen molar-refractivity contribution in [3.8, 4) is 0 Å². The Bertz CT molecular complexity index is 173. The summed E-state index contributed by atoms with van der Waals surface area (Å²) in [5, 5.41) is 0. The molecule has 10 heavy (non-hydrogen) atoms. The fourth-order valence-electron chi connectivity index (χ4n) is 0.374. The Morgan fingerprint density at radius 2 is 2.10 bits per heavy atom. The number of hydrogen-bond acceptors (Lipinski definition) is 1. The van der Waals surface area contributed by atoms with Crippen molar-refractivity contribution in [2.45, 2.75) is 13.8 Å². The molecule has 0 amide bonds. The summed E-state index contributed by atoms with van der Waals surface area (Å²) in [6.45, 7) is 7.45. The molecule has 0 saturated carbocycles. The molecule has 0 N–H and O–H groups in total. The normalized spacial score (nSPS) is 13.2. The number of nitrogens with zero attached hydrogens (tertiary/aromatic N) is 1. The van der Waals surface area contributed by atoms with Crippen LogP contribution in [0.3, 0.4) is 0 Å². The second-order valence-electron chi connectivity index (χ2n) is 1.84. The fourth-order valence-corrected chi connectivity index (χ4v) is 0.374. The summed E-state index contributed by atoms with van der Waals surface area (Å²) in [6.07, 6.45) is 9.24. The van der Waals surface area contributed by atoms with Gasteiger partial charge in [-0.05, 0) is 26.0 Å². The van der Waals surface area contributed by atoms with Crippen molar-refractivity contribution in [2.24, 2.45) is 4.99 Å². The van der Waals surface area contributed by atoms with Gasteiger partial charge in [-0.3, -0.25) is 4.99 Å². The first kappa shape index (κ1) is 8.89. The van der Waals surface area contributed by atoms with Crippen LogP contribution >= 0.6 is 0 Å². The molecule has 0 spiro atoms. The predicted octanol–water partition coefficient (Wildman–Crippen LogP) is 2.72. The topological polar surface area (TPSA) is 12.4 Å². The van der Waals surface area contributed by atoms with E-state index in [9.17, 15) is 0 Å². The van der Waals surface area contributed by atoms with Crippen LogP contribution in [0.2, 0.25) is 0 Å². The van der Waals surface area contributed by atoms with E-state index in [2.05, 4.69) is 11.6 Å². The molecule has 1 heteroatoms. The lowest BCUT2D eigenvalue weighted by Crippen LogP contribution is -1.78. The van der Waals surface area contributed by atoms with Gasteiger partial charge >= 0.3 is 0 Å². The summed E-state index contributed by atoms with van der Waals surface area (Å²) in [6, 6.07) is 0. The van der Waals surface area contributed by atoms with Gasteiger partial charge in [-0.15, -0.1) is 0 Å². The van der Waals surface area contributed by atoms with Gasteiger partial charge in [-0.2, -0.15) is 0 Å². The zero-order valence-corrected chi connectivity index (χ0v) is 6.54. The molecule has 0 heterocycles. The molecule has 54 valence electrons. The molecule has 0 aromatic rings. The Labute approximate surface area is 62.5 Å². The average Bonchev–Trinajstić information content (AvgIpc) is 1.98. The first-order valence-corrected chi connectivity index (χ1v) is 3.26. The van der Waals surface area contributed by atoms with E-state index in [4.69, 9.17) is 0 Å². The molecule has 0 aliphatic heterocycles. The van der Waals surface area contributed by atoms with E-state index in [0.29, 0.717) is 0 Å². The number of rotatable bonds is 3. The molecular formula is C9H13N. The minimum Gasteiger partial charge on any atom is -0.262 e. The van der Waals surface area contributed by atoms with Crippen LogP contribution in [0.4, 0.5) is 0 Å². The molecule has 0 fully saturated rings. The summed E-state index contributed by atoms with van der Waals surface area (Å²) in [7, 11) is 0. The van der Waals surface area contributed by atoms with Gasteiger partial charge in [0.2, 0.25) is 0 Å². The highest BCUT2D eigenvalue weighted by Crippen LogP contribution is 1.82. The van der Waals surface area contributed by atoms with Gasteiger partial charge in [0.1, 0.15) is 0 Å². The van der Waals surface area contributed by atoms with Crippen LogP contribution in [0, 0.1) is 0 Å². The van der Waals surface area contributed by atoms with Crippen molar-refractivity contribution < 1.29 is 0 Å². The van der Waals surface area contributed by atoms with Crippen LogP contribution in [0.15, 0.2) is 42.1 Å². The van der Waals surface area contributed by atoms with Crippen molar-refractivity contribution >= 4 is 5.71 Å². The maximum atomic E-state index is 4.05. The Kier molecular flexibility index (Phi) is 5.35. The smallest absolute Gasteiger partial charge is 0.0366 e. The predicted molar refractivity (Wildman–Crippen MR) is 47.3 cm³/mol. The summed E-state index contributed by atoms with van der Waals surface area (Å²) in [4.78, 5) is 4.05. The third kappa shape index (κ3) is 5.04. The minimum atomic E-state index is 0.931. The van der Waals surface area contributed by atoms with E-state index >= 15 is 0 Å². The number of aliphatic imine (C=N–C) groups is 1. The molecule has 0 atom stereocenters. The van der Waals surface area contributed by atoms with Crippen LogP contribution in [-0.2, 0) is 0 Å². The standard InChI is InChI=1S/C9H13N/c1-4-6-7-8-10-9(3)5-2/h4-8H,2H2,1,3H3/b6-4-,8-7-,10-9?. The van der Waals surface area contributed by atoms with Gasteiger partial charge in [-0.25, -0.2) is 0 Å². The van der Waals surface area contributed by atoms with Crippen molar-refractivity contribution in [1.82, 2.24) is 0 Å². The lowest BCUT2D eigenvalue weighted by Gasteiger charge is -1.81. The van der Waals surface area contributed by atoms with Crippen LogP contribution in [0.1, 0.15) is 13.8 Å². The Balaban J connectivity index is 3.81. The van der Waals surface area contributed by atoms with Crippen LogP contribution in [0.5, 0.6) is 0 Å². The average molecular weight is 135 g/mol. The van der Waals surface area contributed by atoms with E-state index in [1.807, 2.05) is 32.1 Å². The monoisotopic (exact) mass is 135 g/mol. The van der Waals surface area contributed by atoms with Gasteiger partial charge in [-0.1, -0.05) is 18.7 Å². The first-order valence-electron chi connectivity index (χ1n) is 3.26. The second-order valence-corrected chi connectivity index (χ2v) is 1.84. The van der Waals surface area contributed by atoms with Gasteiger partial charge in [0, 0.05) is 11.9 Å². The largest absolute Gasteiger partial charge is 0.262 e. The highest BCUT2D eigenvalue weighted by Gasteiger charge is 1.72. The zero-order chi connectivity index (χ0) is 7.82. The second kappa shape index (κ2) is 6.02. The molecular weight excluding hydrogens is 122 g/mol. The van der Waals surface area contributed by atoms with Crippen LogP contribution in [0.25, 0.3) is 0 Å². The lowest BCUT2D eigenvalue weighted by molar-refractivity contribution is 1.53. The lowest BCUT2D eigenvalue weighted by atomic mass is 10.4. The van der Waals surface area contributed by atoms with Crippen molar-refractivity contribution in [1.29, 1.82) is 0 Å². The highest BCUT2D eigenvalue weighted by atomic mass is 14.7. The van der Waals surface area contributed by atoms with E-state index in [1.54, 1.807) is 12.3 Å². The SMILES string of the molecule is C=CC(C)=N/C=C\C=C/C. The van der Waals surface area contributed by atoms with Crippen molar-refractivity contribution in [3.63, 3.8) is 0 Å². The molecule has 0 aromatic carbocycles. The molecule has 0 radical (unpaired) electrons. The van der Waals surface area contributed by atoms with Gasteiger partial charge in [0.25, 0.3) is 0 Å². The Hall–Kier alpha value is -1.11. The van der Waals surface area contributed by atoms with E-state index in [1.165, 1.54) is 0 Å². The fraction of sp³-hybridized carbons (Fsp3) is 0.222. The first-order chi connectivity index (χ1) is 4.81. The molecule has 0 aliphatic carbocycles. The summed E-state index contributed by atoms with van der Waals surface area (Å²) in [5.74, 6) is 0. The van der Waals surface area contributed by atoms with Crippen molar-refractivity contribution in [3.05, 3.63) is 37.1 Å². The maximum Gasteiger partial charge on any atom is 0.0366 e. The zero-order valence-electron chi connectivity index (χ0n) is 6.54. The summed E-state index contributed by atoms with van der Waals surface area (Å²) in [5.41, 5.74) is 0.931. The highest BCUT2D eigenvalue weighted by molar-refractivity contribution is 5.92. The number of hydrogen-bond donors (Lipinski definition) is 0. The Morgan fingerprint density at radius 1 is 1.40 bits per heavy atom. The quantitative estimate of drug-likeness (QED) is 0.417. The van der Waals surface area contributed by atoms with Gasteiger partial charge in [0.05, 0.1) is 0 Å². The van der Waals surface area contributed by atoms with Crippen molar-refractivity contribution in [2.75, 3.05) is 0 Å². The molecule has 0 saturated heterocycles. The minimum absolute atomic E-state index is 0.931. The van der Waals surface area contributed by atoms with E-state index in [-0.39, 0.29) is 0 Å².